The van der Waals surface area contributed by atoms with Crippen LogP contribution in [-0.4, -0.2) is 35.6 Å². The molecule has 350 valence electrons. The molecule has 75 heavy (non-hydrogen) atoms. The first-order valence-corrected chi connectivity index (χ1v) is 27.5. The Kier molecular flexibility index (Phi) is 7.51. The van der Waals surface area contributed by atoms with Crippen LogP contribution in [0.3, 0.4) is 0 Å². The van der Waals surface area contributed by atoms with Crippen LogP contribution in [0.2, 0.25) is 0 Å². The van der Waals surface area contributed by atoms with Crippen molar-refractivity contribution in [1.29, 1.82) is 0 Å². The smallest absolute Gasteiger partial charge is 0.256 e. The van der Waals surface area contributed by atoms with E-state index in [1.807, 2.05) is 11.3 Å². The Morgan fingerprint density at radius 3 is 1.33 bits per heavy atom. The normalized spacial score (nSPS) is 15.3. The summed E-state index contributed by atoms with van der Waals surface area (Å²) in [7, 11) is 0. The topological polar surface area (TPSA) is 34.8 Å². The number of aryl methyl sites for hydroxylation is 2. The van der Waals surface area contributed by atoms with Gasteiger partial charge >= 0.3 is 0 Å². The molecule has 9 heteroatoms. The Labute approximate surface area is 436 Å². The summed E-state index contributed by atoms with van der Waals surface area (Å²) in [6.45, 7) is 1.89. The Balaban J connectivity index is 0.837. The predicted molar refractivity (Wildman–Crippen MR) is 314 cm³/mol. The molecular formula is C66H42B2N4O2S. The fraction of sp³-hybridized carbons (Fsp3) is 0.0909. The van der Waals surface area contributed by atoms with E-state index in [1.165, 1.54) is 142 Å². The van der Waals surface area contributed by atoms with Gasteiger partial charge in [-0.2, -0.15) is 0 Å². The quantitative estimate of drug-likeness (QED) is 0.162. The molecule has 10 aromatic carbocycles. The highest BCUT2D eigenvalue weighted by molar-refractivity contribution is 7.26. The van der Waals surface area contributed by atoms with Crippen LogP contribution in [0.4, 0.5) is 22.7 Å². The summed E-state index contributed by atoms with van der Waals surface area (Å²) >= 11 is 1.85. The summed E-state index contributed by atoms with van der Waals surface area (Å²) in [5.41, 5.74) is 22.8. The summed E-state index contributed by atoms with van der Waals surface area (Å²) in [6, 6.07) is 68.9. The molecule has 0 unspecified atom stereocenters. The molecule has 0 atom stereocenters. The maximum Gasteiger partial charge on any atom is 0.256 e. The van der Waals surface area contributed by atoms with Gasteiger partial charge in [-0.1, -0.05) is 121 Å². The first kappa shape index (κ1) is 39.8. The summed E-state index contributed by atoms with van der Waals surface area (Å²) in [5, 5.41) is 7.66. The van der Waals surface area contributed by atoms with Gasteiger partial charge < -0.3 is 28.4 Å². The Hall–Kier alpha value is -8.65. The number of aromatic nitrogens is 2. The summed E-state index contributed by atoms with van der Waals surface area (Å²) in [5.74, 6) is 3.76. The molecule has 9 heterocycles. The molecule has 0 amide bonds. The van der Waals surface area contributed by atoms with Crippen molar-refractivity contribution in [2.75, 3.05) is 22.9 Å². The van der Waals surface area contributed by atoms with Crippen molar-refractivity contribution in [1.82, 2.24) is 9.13 Å². The lowest BCUT2D eigenvalue weighted by atomic mass is 9.34. The molecule has 0 fully saturated rings. The molecule has 6 aliphatic rings. The third-order valence-corrected chi connectivity index (χ3v) is 19.1. The van der Waals surface area contributed by atoms with E-state index in [9.17, 15) is 0 Å². The number of fused-ring (bicyclic) bond motifs is 19. The molecule has 0 radical (unpaired) electrons. The highest BCUT2D eigenvalue weighted by atomic mass is 32.1. The van der Waals surface area contributed by atoms with Crippen LogP contribution in [0.1, 0.15) is 24.0 Å². The molecule has 19 rings (SSSR count). The zero-order valence-corrected chi connectivity index (χ0v) is 41.5. The summed E-state index contributed by atoms with van der Waals surface area (Å²) in [4.78, 5) is 5.04. The second kappa shape index (κ2) is 14.1. The van der Waals surface area contributed by atoms with Crippen LogP contribution < -0.4 is 52.1 Å². The molecule has 0 saturated carbocycles. The van der Waals surface area contributed by atoms with E-state index in [4.69, 9.17) is 9.47 Å². The third kappa shape index (κ3) is 5.07. The Morgan fingerprint density at radius 2 is 0.827 bits per heavy atom. The van der Waals surface area contributed by atoms with Gasteiger partial charge in [0.25, 0.3) is 13.4 Å². The molecule has 0 saturated heterocycles. The van der Waals surface area contributed by atoms with Crippen LogP contribution in [0.25, 0.3) is 75.2 Å². The number of anilines is 4. The third-order valence-electron chi connectivity index (χ3n) is 18.0. The minimum Gasteiger partial charge on any atom is -0.458 e. The molecule has 13 aromatic rings. The standard InChI is InChI=1S/C66H42B2N4O2S/c1-5-23-51-37(13-1)15-11-27-69(51)39-29-55-63-59(31-39)73-57-35-61-45(33-49(57)67(63)47-21-9-19-43-41-17-3-7-25-53(41)71(55)65(43)47)46-34-50-58(36-62(46)75-61)74-60-32-40(70-28-12-16-38-14-2-6-24-52(38)70)30-56-64(60)68(50)48-22-10-20-44-42-18-4-8-26-54(42)72(56)66(44)48/h1-10,13-14,17-26,29-36H,11-12,15-16,27-28H2. The number of nitrogens with zero attached hydrogens (tertiary/aromatic N) is 4. The molecule has 6 aliphatic heterocycles. The van der Waals surface area contributed by atoms with Gasteiger partial charge in [-0.15, -0.1) is 11.3 Å². The highest BCUT2D eigenvalue weighted by Crippen LogP contribution is 2.47. The zero-order valence-electron chi connectivity index (χ0n) is 40.7. The minimum absolute atomic E-state index is 0.0179. The van der Waals surface area contributed by atoms with E-state index in [0.29, 0.717) is 0 Å². The van der Waals surface area contributed by atoms with Crippen molar-refractivity contribution in [3.63, 3.8) is 0 Å². The molecule has 3 aromatic heterocycles. The monoisotopic (exact) mass is 976 g/mol. The first-order chi connectivity index (χ1) is 37.2. The van der Waals surface area contributed by atoms with Crippen LogP contribution in [0.15, 0.2) is 182 Å². The van der Waals surface area contributed by atoms with Gasteiger partial charge in [0.05, 0.1) is 11.0 Å². The van der Waals surface area contributed by atoms with Crippen LogP contribution in [0, 0.1) is 0 Å². The lowest BCUT2D eigenvalue weighted by Gasteiger charge is -2.36. The fourth-order valence-electron chi connectivity index (χ4n) is 15.0. The molecule has 0 bridgehead atoms. The maximum absolute atomic E-state index is 7.35. The number of benzene rings is 10. The molecular weight excluding hydrogens is 934 g/mol. The van der Waals surface area contributed by atoms with E-state index >= 15 is 0 Å². The lowest BCUT2D eigenvalue weighted by Crippen LogP contribution is -2.58. The van der Waals surface area contributed by atoms with Crippen LogP contribution in [0.5, 0.6) is 23.0 Å². The average molecular weight is 977 g/mol. The van der Waals surface area contributed by atoms with Crippen molar-refractivity contribution < 1.29 is 9.47 Å². The largest absolute Gasteiger partial charge is 0.458 e. The number of ether oxygens (including phenoxy) is 2. The van der Waals surface area contributed by atoms with Crippen molar-refractivity contribution >= 4 is 144 Å². The molecule has 0 N–H and O–H groups in total. The molecule has 0 aliphatic carbocycles. The predicted octanol–water partition coefficient (Wildman–Crippen LogP) is 12.3. The van der Waals surface area contributed by atoms with Gasteiger partial charge in [0.1, 0.15) is 23.0 Å². The van der Waals surface area contributed by atoms with E-state index in [0.717, 1.165) is 61.8 Å². The number of hydrogen-bond acceptors (Lipinski definition) is 5. The minimum atomic E-state index is -0.0179. The maximum atomic E-state index is 7.35. The van der Waals surface area contributed by atoms with Gasteiger partial charge in [-0.25, -0.2) is 0 Å². The number of thiophene rings is 1. The number of rotatable bonds is 2. The van der Waals surface area contributed by atoms with Crippen LogP contribution >= 0.6 is 11.3 Å². The van der Waals surface area contributed by atoms with Gasteiger partial charge in [-0.05, 0) is 118 Å². The van der Waals surface area contributed by atoms with E-state index in [-0.39, 0.29) is 13.4 Å². The van der Waals surface area contributed by atoms with Gasteiger partial charge in [0.15, 0.2) is 0 Å². The summed E-state index contributed by atoms with van der Waals surface area (Å²) in [6.07, 6.45) is 4.41. The van der Waals surface area contributed by atoms with E-state index in [1.54, 1.807) is 0 Å². The fourth-order valence-corrected chi connectivity index (χ4v) is 16.1. The first-order valence-electron chi connectivity index (χ1n) is 26.7. The van der Waals surface area contributed by atoms with Crippen molar-refractivity contribution in [3.05, 3.63) is 193 Å². The van der Waals surface area contributed by atoms with Gasteiger partial charge in [-0.3, -0.25) is 0 Å². The molecule has 0 spiro atoms. The van der Waals surface area contributed by atoms with E-state index < -0.39 is 0 Å². The average Bonchev–Trinajstić information content (AvgIpc) is 4.11. The summed E-state index contributed by atoms with van der Waals surface area (Å²) < 4.78 is 22.2. The number of para-hydroxylation sites is 6. The highest BCUT2D eigenvalue weighted by Gasteiger charge is 2.44. The van der Waals surface area contributed by atoms with Crippen molar-refractivity contribution in [3.8, 4) is 34.4 Å². The second-order valence-corrected chi connectivity index (χ2v) is 22.7. The Bertz CT molecular complexity index is 4500. The van der Waals surface area contributed by atoms with Gasteiger partial charge in [0, 0.05) is 112 Å². The lowest BCUT2D eigenvalue weighted by molar-refractivity contribution is 0.487. The van der Waals surface area contributed by atoms with E-state index in [2.05, 4.69) is 201 Å². The Morgan fingerprint density at radius 1 is 0.373 bits per heavy atom. The molecule has 6 nitrogen and oxygen atoms in total. The van der Waals surface area contributed by atoms with Crippen LogP contribution in [-0.2, 0) is 12.8 Å². The SMILES string of the molecule is c1ccc2c(c1)CCCN2c1cc2c3c(c1)-n1c4ccccc4c4cccc(c41)B3c1cc3c(cc1O2)sc1cc2c(cc13)B1c3c(cc(N4CCCc5ccccc54)cc3-n3c4ccccc4c4cccc1c43)O2. The zero-order chi connectivity index (χ0) is 48.4. The van der Waals surface area contributed by atoms with Gasteiger partial charge in [0.2, 0.25) is 0 Å². The van der Waals surface area contributed by atoms with Crippen molar-refractivity contribution in [2.24, 2.45) is 0 Å². The second-order valence-electron chi connectivity index (χ2n) is 21.7. The van der Waals surface area contributed by atoms with Crippen molar-refractivity contribution in [2.45, 2.75) is 25.7 Å². The number of hydrogen-bond donors (Lipinski definition) is 0.